The molecule has 0 saturated carbocycles. The molecule has 0 aliphatic heterocycles. The largest absolute Gasteiger partial charge is 0.330 e. The van der Waals surface area contributed by atoms with Gasteiger partial charge in [0.05, 0.1) is 0 Å². The van der Waals surface area contributed by atoms with Crippen LogP contribution in [0.4, 0.5) is 0 Å². The smallest absolute Gasteiger partial charge is 0.135 e. The normalized spacial score (nSPS) is 10.5. The Hall–Kier alpha value is -0.370. The van der Waals surface area contributed by atoms with Crippen molar-refractivity contribution in [3.05, 3.63) is 0 Å². The summed E-state index contributed by atoms with van der Waals surface area (Å²) in [5.74, 6) is 0.579. The van der Waals surface area contributed by atoms with Gasteiger partial charge >= 0.3 is 0 Å². The molecule has 0 amide bonds. The van der Waals surface area contributed by atoms with Crippen molar-refractivity contribution in [2.45, 2.75) is 39.5 Å². The van der Waals surface area contributed by atoms with E-state index in [4.69, 9.17) is 5.73 Å². The lowest BCUT2D eigenvalue weighted by Crippen LogP contribution is -2.06. The number of hydrogen-bond donors (Lipinski definition) is 1. The van der Waals surface area contributed by atoms with Crippen LogP contribution in [0.25, 0.3) is 0 Å². The third-order valence-electron chi connectivity index (χ3n) is 1.77. The number of Topliss-reactive ketones (excluding diaryl/α,β-unsaturated/α-hetero) is 1. The molecule has 0 radical (unpaired) electrons. The highest BCUT2D eigenvalue weighted by Gasteiger charge is 2.05. The maximum atomic E-state index is 11.1. The molecule has 66 valence electrons. The van der Waals surface area contributed by atoms with Crippen LogP contribution in [0, 0.1) is 5.92 Å². The van der Waals surface area contributed by atoms with Gasteiger partial charge in [0.1, 0.15) is 5.78 Å². The second-order valence-electron chi connectivity index (χ2n) is 3.22. The summed E-state index contributed by atoms with van der Waals surface area (Å²) in [6.45, 7) is 4.65. The summed E-state index contributed by atoms with van der Waals surface area (Å²) in [6, 6.07) is 0. The Morgan fingerprint density at radius 2 is 1.91 bits per heavy atom. The summed E-state index contributed by atoms with van der Waals surface area (Å²) in [5.41, 5.74) is 5.32. The van der Waals surface area contributed by atoms with E-state index in [-0.39, 0.29) is 5.92 Å². The molecule has 0 aliphatic carbocycles. The van der Waals surface area contributed by atoms with Crippen LogP contribution < -0.4 is 5.73 Å². The Morgan fingerprint density at radius 3 is 2.36 bits per heavy atom. The summed E-state index contributed by atoms with van der Waals surface area (Å²) in [6.07, 6.45) is 3.88. The van der Waals surface area contributed by atoms with Gasteiger partial charge < -0.3 is 5.73 Å². The van der Waals surface area contributed by atoms with Gasteiger partial charge in [-0.3, -0.25) is 4.79 Å². The maximum absolute atomic E-state index is 11.1. The maximum Gasteiger partial charge on any atom is 0.135 e. The van der Waals surface area contributed by atoms with Gasteiger partial charge in [0.2, 0.25) is 0 Å². The van der Waals surface area contributed by atoms with Crippen LogP contribution in [-0.2, 0) is 4.79 Å². The van der Waals surface area contributed by atoms with Crippen LogP contribution in [0.5, 0.6) is 0 Å². The first-order chi connectivity index (χ1) is 5.18. The van der Waals surface area contributed by atoms with Crippen molar-refractivity contribution < 1.29 is 4.79 Å². The monoisotopic (exact) mass is 157 g/mol. The van der Waals surface area contributed by atoms with E-state index in [9.17, 15) is 4.79 Å². The first-order valence-electron chi connectivity index (χ1n) is 4.41. The molecule has 0 spiro atoms. The molecule has 2 N–H and O–H groups in total. The molecule has 0 aliphatic rings. The molecule has 0 aromatic rings. The number of ketones is 1. The number of carbonyl (C=O) groups excluding carboxylic acids is 1. The van der Waals surface area contributed by atoms with Crippen molar-refractivity contribution in [1.29, 1.82) is 0 Å². The molecule has 11 heavy (non-hydrogen) atoms. The molecule has 0 atom stereocenters. The fourth-order valence-corrected chi connectivity index (χ4v) is 0.909. The minimum atomic E-state index is 0.202. The molecule has 0 rings (SSSR count). The molecule has 0 unspecified atom stereocenters. The van der Waals surface area contributed by atoms with Crippen molar-refractivity contribution in [2.24, 2.45) is 11.7 Å². The van der Waals surface area contributed by atoms with Crippen LogP contribution >= 0.6 is 0 Å². The van der Waals surface area contributed by atoms with Crippen LogP contribution in [0.1, 0.15) is 39.5 Å². The molecule has 2 nitrogen and oxygen atoms in total. The van der Waals surface area contributed by atoms with Gasteiger partial charge in [-0.15, -0.1) is 0 Å². The molecule has 0 saturated heterocycles. The van der Waals surface area contributed by atoms with Crippen molar-refractivity contribution in [2.75, 3.05) is 6.54 Å². The van der Waals surface area contributed by atoms with Crippen LogP contribution in [0.2, 0.25) is 0 Å². The van der Waals surface area contributed by atoms with Crippen molar-refractivity contribution in [3.63, 3.8) is 0 Å². The quantitative estimate of drug-likeness (QED) is 0.597. The lowest BCUT2D eigenvalue weighted by Gasteiger charge is -2.02. The van der Waals surface area contributed by atoms with Gasteiger partial charge in [0, 0.05) is 12.3 Å². The Balaban J connectivity index is 3.18. The fraction of sp³-hybridized carbons (Fsp3) is 0.889. The third kappa shape index (κ3) is 6.05. The van der Waals surface area contributed by atoms with Crippen LogP contribution in [0.3, 0.4) is 0 Å². The lowest BCUT2D eigenvalue weighted by atomic mass is 10.0. The Labute approximate surface area is 69.2 Å². The number of hydrogen-bond acceptors (Lipinski definition) is 2. The molecule has 0 aromatic carbocycles. The van der Waals surface area contributed by atoms with E-state index in [1.165, 1.54) is 0 Å². The van der Waals surface area contributed by atoms with E-state index in [2.05, 4.69) is 0 Å². The minimum absolute atomic E-state index is 0.202. The Morgan fingerprint density at radius 1 is 1.27 bits per heavy atom. The predicted molar refractivity (Wildman–Crippen MR) is 47.4 cm³/mol. The zero-order chi connectivity index (χ0) is 8.69. The molecular formula is C9H19NO. The van der Waals surface area contributed by atoms with Crippen LogP contribution in [-0.4, -0.2) is 12.3 Å². The van der Waals surface area contributed by atoms with Crippen molar-refractivity contribution in [3.8, 4) is 0 Å². The number of unbranched alkanes of at least 4 members (excludes halogenated alkanes) is 2. The van der Waals surface area contributed by atoms with E-state index in [0.29, 0.717) is 5.78 Å². The van der Waals surface area contributed by atoms with Crippen LogP contribution in [0.15, 0.2) is 0 Å². The first-order valence-corrected chi connectivity index (χ1v) is 4.41. The van der Waals surface area contributed by atoms with E-state index >= 15 is 0 Å². The molecule has 0 heterocycles. The average molecular weight is 157 g/mol. The molecule has 2 heteroatoms. The molecule has 0 aromatic heterocycles. The zero-order valence-corrected chi connectivity index (χ0v) is 7.60. The molecule has 0 fully saturated rings. The SMILES string of the molecule is CC(C)C(=O)CCCCCN. The predicted octanol–water partition coefficient (Wildman–Crippen LogP) is 1.73. The highest BCUT2D eigenvalue weighted by molar-refractivity contribution is 5.80. The standard InChI is InChI=1S/C9H19NO/c1-8(2)9(11)6-4-3-5-7-10/h8H,3-7,10H2,1-2H3. The van der Waals surface area contributed by atoms with E-state index in [0.717, 1.165) is 32.2 Å². The Kier molecular flexibility index (Phi) is 6.13. The second kappa shape index (κ2) is 6.35. The van der Waals surface area contributed by atoms with E-state index in [1.807, 2.05) is 13.8 Å². The van der Waals surface area contributed by atoms with E-state index in [1.54, 1.807) is 0 Å². The zero-order valence-electron chi connectivity index (χ0n) is 7.60. The lowest BCUT2D eigenvalue weighted by molar-refractivity contribution is -0.122. The number of nitrogens with two attached hydrogens (primary N) is 1. The van der Waals surface area contributed by atoms with Gasteiger partial charge in [0.25, 0.3) is 0 Å². The highest BCUT2D eigenvalue weighted by atomic mass is 16.1. The minimum Gasteiger partial charge on any atom is -0.330 e. The summed E-state index contributed by atoms with van der Waals surface area (Å²) >= 11 is 0. The summed E-state index contributed by atoms with van der Waals surface area (Å²) in [5, 5.41) is 0. The molecule has 0 bridgehead atoms. The summed E-state index contributed by atoms with van der Waals surface area (Å²) < 4.78 is 0. The van der Waals surface area contributed by atoms with Gasteiger partial charge in [-0.25, -0.2) is 0 Å². The second-order valence-corrected chi connectivity index (χ2v) is 3.22. The van der Waals surface area contributed by atoms with Crippen molar-refractivity contribution in [1.82, 2.24) is 0 Å². The fourth-order valence-electron chi connectivity index (χ4n) is 0.909. The first kappa shape index (κ1) is 10.6. The molecular weight excluding hydrogens is 138 g/mol. The summed E-state index contributed by atoms with van der Waals surface area (Å²) in [4.78, 5) is 11.1. The summed E-state index contributed by atoms with van der Waals surface area (Å²) in [7, 11) is 0. The van der Waals surface area contributed by atoms with Gasteiger partial charge in [-0.2, -0.15) is 0 Å². The van der Waals surface area contributed by atoms with E-state index < -0.39 is 0 Å². The van der Waals surface area contributed by atoms with Crippen molar-refractivity contribution >= 4 is 5.78 Å². The third-order valence-corrected chi connectivity index (χ3v) is 1.77. The van der Waals surface area contributed by atoms with Gasteiger partial charge in [-0.1, -0.05) is 20.3 Å². The average Bonchev–Trinajstić information content (AvgIpc) is 1.97. The topological polar surface area (TPSA) is 43.1 Å². The number of rotatable bonds is 6. The highest BCUT2D eigenvalue weighted by Crippen LogP contribution is 2.05. The number of carbonyl (C=O) groups is 1. The van der Waals surface area contributed by atoms with Gasteiger partial charge in [-0.05, 0) is 19.4 Å². The van der Waals surface area contributed by atoms with Gasteiger partial charge in [0.15, 0.2) is 0 Å². The Bertz CT molecular complexity index is 110.